The van der Waals surface area contributed by atoms with Gasteiger partial charge in [0.1, 0.15) is 48.8 Å². The van der Waals surface area contributed by atoms with Crippen LogP contribution in [0.15, 0.2) is 48.6 Å². The first kappa shape index (κ1) is 59.1. The van der Waals surface area contributed by atoms with E-state index < -0.39 is 86.8 Å². The molecule has 0 bridgehead atoms. The molecule has 0 radical (unpaired) electrons. The zero-order valence-corrected chi connectivity index (χ0v) is 40.0. The highest BCUT2D eigenvalue weighted by atomic mass is 16.7. The van der Waals surface area contributed by atoms with Crippen LogP contribution in [0.3, 0.4) is 0 Å². The molecule has 2 fully saturated rings. The number of rotatable bonds is 38. The first-order valence-electron chi connectivity index (χ1n) is 25.4. The lowest BCUT2D eigenvalue weighted by molar-refractivity contribution is -0.359. The van der Waals surface area contributed by atoms with Gasteiger partial charge in [0.15, 0.2) is 12.6 Å². The summed E-state index contributed by atoms with van der Waals surface area (Å²) in [4.78, 5) is 13.1. The molecule has 0 aromatic heterocycles. The molecule has 2 heterocycles. The summed E-state index contributed by atoms with van der Waals surface area (Å²) in [5, 5.41) is 86.6. The van der Waals surface area contributed by atoms with Crippen molar-refractivity contribution >= 4 is 5.91 Å². The first-order chi connectivity index (χ1) is 31.6. The summed E-state index contributed by atoms with van der Waals surface area (Å²) in [6.45, 7) is 2.67. The van der Waals surface area contributed by atoms with Crippen LogP contribution in [0.5, 0.6) is 0 Å². The molecule has 9 N–H and O–H groups in total. The number of carbonyl (C=O) groups is 1. The highest BCUT2D eigenvalue weighted by Gasteiger charge is 2.51. The molecular weight excluding hydrogens is 835 g/mol. The zero-order valence-electron chi connectivity index (χ0n) is 40.0. The van der Waals surface area contributed by atoms with Crippen LogP contribution in [-0.2, 0) is 23.7 Å². The molecule has 1 amide bonds. The number of carbonyl (C=O) groups excluding carboxylic acids is 1. The molecule has 2 rings (SSSR count). The Morgan fingerprint density at radius 3 is 1.57 bits per heavy atom. The molecule has 14 heteroatoms. The van der Waals surface area contributed by atoms with Crippen molar-refractivity contribution in [2.24, 2.45) is 0 Å². The van der Waals surface area contributed by atoms with E-state index in [1.54, 1.807) is 6.08 Å². The van der Waals surface area contributed by atoms with Crippen LogP contribution >= 0.6 is 0 Å². The third-order valence-electron chi connectivity index (χ3n) is 12.2. The van der Waals surface area contributed by atoms with Gasteiger partial charge in [-0.15, -0.1) is 0 Å². The standard InChI is InChI=1S/C51H91NO13/c1-3-5-7-9-11-13-15-16-17-18-19-20-21-22-23-24-25-26-28-30-32-34-40(55)39(52-43(56)35-33-31-29-27-14-12-10-8-6-4-2)38-62-50-48(61)46(59)49(42(37-54)64-50)65-51-47(60)45(58)44(57)41(36-53)63-51/h8,10,21-22,25-26,32,34,39-42,44-51,53-55,57-61H,3-7,9,11-20,23-24,27-31,33,35-38H2,1-2H3,(H,52,56)/b10-8-,22-21+,26-25+,34-32+. The molecule has 12 unspecified atom stereocenters. The number of allylic oxidation sites excluding steroid dienone is 7. The highest BCUT2D eigenvalue weighted by molar-refractivity contribution is 5.76. The minimum absolute atomic E-state index is 0.257. The molecule has 2 saturated heterocycles. The molecule has 0 aromatic carbocycles. The maximum atomic E-state index is 13.1. The fraction of sp³-hybridized carbons (Fsp3) is 0.824. The van der Waals surface area contributed by atoms with E-state index in [2.05, 4.69) is 55.6 Å². The summed E-state index contributed by atoms with van der Waals surface area (Å²) in [7, 11) is 0. The number of aliphatic hydroxyl groups is 8. The molecule has 14 nitrogen and oxygen atoms in total. The predicted octanol–water partition coefficient (Wildman–Crippen LogP) is 6.49. The number of amides is 1. The molecule has 378 valence electrons. The van der Waals surface area contributed by atoms with Crippen LogP contribution in [-0.4, -0.2) is 140 Å². The van der Waals surface area contributed by atoms with Gasteiger partial charge in [0.2, 0.25) is 5.91 Å². The molecule has 2 aliphatic heterocycles. The number of hydrogen-bond donors (Lipinski definition) is 9. The quantitative estimate of drug-likeness (QED) is 0.0239. The van der Waals surface area contributed by atoms with Gasteiger partial charge in [0.05, 0.1) is 32.0 Å². The minimum atomic E-state index is -1.79. The summed E-state index contributed by atoms with van der Waals surface area (Å²) in [6, 6.07) is -0.940. The number of unbranched alkanes of at least 4 members (excludes halogenated alkanes) is 19. The number of aliphatic hydroxyl groups excluding tert-OH is 8. The van der Waals surface area contributed by atoms with Crippen molar-refractivity contribution in [3.8, 4) is 0 Å². The first-order valence-corrected chi connectivity index (χ1v) is 25.4. The lowest BCUT2D eigenvalue weighted by Gasteiger charge is -2.46. The van der Waals surface area contributed by atoms with Gasteiger partial charge in [-0.05, 0) is 64.2 Å². The lowest BCUT2D eigenvalue weighted by atomic mass is 9.97. The maximum Gasteiger partial charge on any atom is 0.220 e. The van der Waals surface area contributed by atoms with Gasteiger partial charge >= 0.3 is 0 Å². The fourth-order valence-corrected chi connectivity index (χ4v) is 8.03. The molecular formula is C51H91NO13. The van der Waals surface area contributed by atoms with E-state index in [0.717, 1.165) is 70.6 Å². The van der Waals surface area contributed by atoms with Crippen LogP contribution < -0.4 is 5.32 Å². The Kier molecular flexibility index (Phi) is 34.4. The van der Waals surface area contributed by atoms with Gasteiger partial charge in [-0.2, -0.15) is 0 Å². The zero-order chi connectivity index (χ0) is 47.5. The Labute approximate surface area is 391 Å². The maximum absolute atomic E-state index is 13.1. The second-order valence-corrected chi connectivity index (χ2v) is 17.9. The Balaban J connectivity index is 1.85. The number of nitrogens with one attached hydrogen (secondary N) is 1. The third-order valence-corrected chi connectivity index (χ3v) is 12.2. The number of hydrogen-bond acceptors (Lipinski definition) is 13. The minimum Gasteiger partial charge on any atom is -0.394 e. The second-order valence-electron chi connectivity index (χ2n) is 17.9. The highest BCUT2D eigenvalue weighted by Crippen LogP contribution is 2.30. The molecule has 2 aliphatic rings. The lowest BCUT2D eigenvalue weighted by Crippen LogP contribution is -2.65. The average Bonchev–Trinajstić information content (AvgIpc) is 3.30. The molecule has 0 aliphatic carbocycles. The molecule has 0 aromatic rings. The van der Waals surface area contributed by atoms with Crippen LogP contribution in [0, 0.1) is 0 Å². The summed E-state index contributed by atoms with van der Waals surface area (Å²) >= 11 is 0. The third kappa shape index (κ3) is 25.2. The van der Waals surface area contributed by atoms with Crippen LogP contribution in [0.4, 0.5) is 0 Å². The van der Waals surface area contributed by atoms with Crippen molar-refractivity contribution in [1.29, 1.82) is 0 Å². The van der Waals surface area contributed by atoms with Gasteiger partial charge in [-0.25, -0.2) is 0 Å². The van der Waals surface area contributed by atoms with Gasteiger partial charge in [-0.3, -0.25) is 4.79 Å². The Hall–Kier alpha value is -2.05. The van der Waals surface area contributed by atoms with Crippen molar-refractivity contribution in [2.75, 3.05) is 19.8 Å². The monoisotopic (exact) mass is 926 g/mol. The van der Waals surface area contributed by atoms with E-state index in [-0.39, 0.29) is 18.9 Å². The van der Waals surface area contributed by atoms with E-state index >= 15 is 0 Å². The van der Waals surface area contributed by atoms with E-state index in [1.165, 1.54) is 70.6 Å². The van der Waals surface area contributed by atoms with E-state index in [9.17, 15) is 45.6 Å². The van der Waals surface area contributed by atoms with Crippen molar-refractivity contribution in [3.63, 3.8) is 0 Å². The van der Waals surface area contributed by atoms with Gasteiger partial charge < -0.3 is 65.1 Å². The van der Waals surface area contributed by atoms with Crippen LogP contribution in [0.25, 0.3) is 0 Å². The Bertz CT molecular complexity index is 1280. The van der Waals surface area contributed by atoms with E-state index in [1.807, 2.05) is 6.08 Å². The molecule has 0 spiro atoms. The largest absolute Gasteiger partial charge is 0.394 e. The van der Waals surface area contributed by atoms with Gasteiger partial charge in [0, 0.05) is 6.42 Å². The van der Waals surface area contributed by atoms with E-state index in [4.69, 9.17) is 18.9 Å². The van der Waals surface area contributed by atoms with Crippen molar-refractivity contribution in [1.82, 2.24) is 5.32 Å². The van der Waals surface area contributed by atoms with Crippen molar-refractivity contribution in [2.45, 2.75) is 248 Å². The summed E-state index contributed by atoms with van der Waals surface area (Å²) < 4.78 is 22.6. The van der Waals surface area contributed by atoms with Crippen LogP contribution in [0.1, 0.15) is 174 Å². The summed E-state index contributed by atoms with van der Waals surface area (Å²) in [5.74, 6) is -0.268. The van der Waals surface area contributed by atoms with Gasteiger partial charge in [0.25, 0.3) is 0 Å². The second kappa shape index (κ2) is 37.9. The predicted molar refractivity (Wildman–Crippen MR) is 254 cm³/mol. The van der Waals surface area contributed by atoms with Gasteiger partial charge in [-0.1, -0.05) is 152 Å². The van der Waals surface area contributed by atoms with Crippen molar-refractivity contribution < 1.29 is 64.6 Å². The Morgan fingerprint density at radius 1 is 0.538 bits per heavy atom. The van der Waals surface area contributed by atoms with Crippen LogP contribution in [0.2, 0.25) is 0 Å². The Morgan fingerprint density at radius 2 is 1.02 bits per heavy atom. The number of ether oxygens (including phenoxy) is 4. The molecule has 65 heavy (non-hydrogen) atoms. The topological polar surface area (TPSA) is 228 Å². The summed E-state index contributed by atoms with van der Waals surface area (Å²) in [6.07, 6.45) is 27.4. The molecule has 12 atom stereocenters. The molecule has 0 saturated carbocycles. The normalized spacial score (nSPS) is 27.4. The fourth-order valence-electron chi connectivity index (χ4n) is 8.03. The van der Waals surface area contributed by atoms with E-state index in [0.29, 0.717) is 12.8 Å². The van der Waals surface area contributed by atoms with Crippen molar-refractivity contribution in [3.05, 3.63) is 48.6 Å². The SMILES string of the molecule is CCC/C=C\CCCCCCCC(=O)NC(COC1OC(CO)C(OC2OC(CO)C(O)C(O)C2O)C(O)C1O)C(O)/C=C/CC/C=C/CC/C=C/CCCCCCCCCCCCC. The summed E-state index contributed by atoms with van der Waals surface area (Å²) in [5.41, 5.74) is 0. The smallest absolute Gasteiger partial charge is 0.220 e. The average molecular weight is 926 g/mol.